The third kappa shape index (κ3) is 36.7. The van der Waals surface area contributed by atoms with Crippen LogP contribution in [0.25, 0.3) is 0 Å². The molecule has 1 aliphatic rings. The van der Waals surface area contributed by atoms with Crippen LogP contribution in [0.5, 0.6) is 5.75 Å². The smallest absolute Gasteiger partial charge is 0.167 e. The topological polar surface area (TPSA) is 136 Å². The van der Waals surface area contributed by atoms with Crippen LogP contribution in [0.15, 0.2) is 140 Å². The molecule has 100 heavy (non-hydrogen) atoms. The van der Waals surface area contributed by atoms with E-state index in [1.165, 1.54) is 146 Å². The molecule has 0 unspecified atom stereocenters. The lowest BCUT2D eigenvalue weighted by Crippen LogP contribution is -2.28. The van der Waals surface area contributed by atoms with Gasteiger partial charge in [-0.3, -0.25) is 14.4 Å². The standard InChI is InChI=1S/C20H24O.C19H30O.C18H30O2.C18H26O.C17H29NO2/c1-4-5-10-17-11-7-12-18(13-17)20(21)14-19-15(2)8-6-9-16(19)3;1-4-7-11-17-12-8-13-18(14-17)19(20)15-16(9-5-2)10-6-3;1-4-11-18(19,12-5-2)13-10-16-8-7-9-17(14-16)15-20-6-3;1-2-3-8-15-11-7-12-17(13-15)18(19)14-16-9-5-4-6-10-16;1-3-9-17(19,10-4-2)11-8-15-6-5-7-16(14-15)20-13-12-18/h6-9,11-13H,4-5,10,14H2,1-3H3;8,12-14,16H,4-7,9-11,15H2,1-3H3;7-9,14,19H,4-6,10-13,15H2,1-3H3;7,11-13,16H,2-6,8-10,14H2,1H3;5-7,14,19H,3-4,8-13,18H2,1-2H3. The fraction of sp³-hybridized carbons (Fsp3) is 0.576. The second-order valence-electron chi connectivity index (χ2n) is 28.8. The lowest BCUT2D eigenvalue weighted by atomic mass is 9.84. The first-order chi connectivity index (χ1) is 48.4. The Hall–Kier alpha value is -6.03. The monoisotopic (exact) mass is 1370 g/mol. The van der Waals surface area contributed by atoms with Crippen molar-refractivity contribution in [1.29, 1.82) is 0 Å². The second-order valence-corrected chi connectivity index (χ2v) is 28.8. The van der Waals surface area contributed by atoms with Crippen LogP contribution in [0.2, 0.25) is 0 Å². The van der Waals surface area contributed by atoms with E-state index in [0.717, 1.165) is 138 Å². The largest absolute Gasteiger partial charge is 0.492 e. The number of aryl methyl sites for hydroxylation is 7. The molecule has 1 aliphatic carbocycles. The maximum absolute atomic E-state index is 12.5. The van der Waals surface area contributed by atoms with Gasteiger partial charge >= 0.3 is 0 Å². The predicted molar refractivity (Wildman–Crippen MR) is 426 cm³/mol. The van der Waals surface area contributed by atoms with Gasteiger partial charge in [0.1, 0.15) is 12.4 Å². The average Bonchev–Trinajstić information content (AvgIpc) is 0.858. The lowest BCUT2D eigenvalue weighted by molar-refractivity contribution is 0.0127. The number of Topliss-reactive ketones (excluding diaryl/α,β-unsaturated/α-hetero) is 3. The molecule has 7 rings (SSSR count). The number of rotatable bonds is 42. The molecule has 4 N–H and O–H groups in total. The number of aliphatic hydroxyl groups is 2. The van der Waals surface area contributed by atoms with E-state index in [1.807, 2.05) is 67.6 Å². The van der Waals surface area contributed by atoms with Crippen molar-refractivity contribution in [2.24, 2.45) is 17.6 Å². The number of benzene rings is 6. The van der Waals surface area contributed by atoms with Crippen LogP contribution in [0, 0.1) is 25.7 Å². The van der Waals surface area contributed by atoms with Gasteiger partial charge in [-0.2, -0.15) is 0 Å². The molecule has 554 valence electrons. The van der Waals surface area contributed by atoms with E-state index in [9.17, 15) is 24.6 Å². The summed E-state index contributed by atoms with van der Waals surface area (Å²) in [5, 5.41) is 21.3. The zero-order chi connectivity index (χ0) is 73.2. The zero-order valence-electron chi connectivity index (χ0n) is 65.1. The molecule has 0 atom stereocenters. The molecule has 0 aliphatic heterocycles. The van der Waals surface area contributed by atoms with E-state index in [-0.39, 0.29) is 5.78 Å². The summed E-state index contributed by atoms with van der Waals surface area (Å²) in [5.41, 5.74) is 18.3. The minimum absolute atomic E-state index is 0.214. The van der Waals surface area contributed by atoms with Crippen molar-refractivity contribution in [3.63, 3.8) is 0 Å². The molecule has 6 aromatic rings. The number of hydrogen-bond donors (Lipinski definition) is 3. The Balaban J connectivity index is 0.000000325. The van der Waals surface area contributed by atoms with Gasteiger partial charge in [-0.05, 0) is 203 Å². The van der Waals surface area contributed by atoms with Gasteiger partial charge in [0.15, 0.2) is 17.3 Å². The third-order valence-corrected chi connectivity index (χ3v) is 19.6. The molecule has 0 spiro atoms. The number of unbranched alkanes of at least 4 members (excludes halogenated alkanes) is 3. The molecule has 0 amide bonds. The molecule has 0 radical (unpaired) electrons. The summed E-state index contributed by atoms with van der Waals surface area (Å²) in [6, 6.07) is 47.5. The molecule has 0 heterocycles. The Kier molecular flexibility index (Phi) is 46.6. The van der Waals surface area contributed by atoms with E-state index in [0.29, 0.717) is 49.6 Å². The SMILES string of the molecule is CCCC(O)(CCC)CCc1cccc(COCC)c1.CCCC(O)(CCC)CCc1cccc(OCCN)c1.CCCCc1cccc(C(=O)CC(CCC)CCC)c1.CCCCc1cccc(C(=O)CC2CCCCC2)c1.CCCCc1cccc(C(=O)Cc2c(C)cccc2C)c1. The maximum atomic E-state index is 12.5. The normalized spacial score (nSPS) is 12.2. The summed E-state index contributed by atoms with van der Waals surface area (Å²) in [4.78, 5) is 37.3. The van der Waals surface area contributed by atoms with Gasteiger partial charge < -0.3 is 25.4 Å². The average molecular weight is 1370 g/mol. The lowest BCUT2D eigenvalue weighted by Gasteiger charge is -2.27. The number of ether oxygens (including phenoxy) is 2. The van der Waals surface area contributed by atoms with Crippen molar-refractivity contribution in [1.82, 2.24) is 0 Å². The molecule has 0 aromatic heterocycles. The Morgan fingerprint density at radius 2 is 0.870 bits per heavy atom. The van der Waals surface area contributed by atoms with Gasteiger partial charge in [-0.1, -0.05) is 274 Å². The molecule has 1 saturated carbocycles. The Labute approximate surface area is 610 Å². The molecular formula is C92H139NO7. The molecule has 6 aromatic carbocycles. The minimum atomic E-state index is -0.516. The fourth-order valence-electron chi connectivity index (χ4n) is 14.0. The Morgan fingerprint density at radius 1 is 0.460 bits per heavy atom. The van der Waals surface area contributed by atoms with E-state index >= 15 is 0 Å². The Morgan fingerprint density at radius 3 is 1.31 bits per heavy atom. The van der Waals surface area contributed by atoms with Crippen molar-refractivity contribution >= 4 is 17.3 Å². The van der Waals surface area contributed by atoms with Gasteiger partial charge in [0.2, 0.25) is 0 Å². The highest BCUT2D eigenvalue weighted by Crippen LogP contribution is 2.30. The third-order valence-electron chi connectivity index (χ3n) is 19.6. The number of hydrogen-bond acceptors (Lipinski definition) is 8. The van der Waals surface area contributed by atoms with Gasteiger partial charge in [0, 0.05) is 49.1 Å². The fourth-order valence-corrected chi connectivity index (χ4v) is 14.0. The summed E-state index contributed by atoms with van der Waals surface area (Å²) in [5.74, 6) is 2.96. The van der Waals surface area contributed by atoms with Crippen LogP contribution >= 0.6 is 0 Å². The first-order valence-corrected chi connectivity index (χ1v) is 39.8. The summed E-state index contributed by atoms with van der Waals surface area (Å²) in [6.45, 7) is 28.2. The van der Waals surface area contributed by atoms with Crippen LogP contribution in [0.1, 0.15) is 324 Å². The van der Waals surface area contributed by atoms with Gasteiger partial charge in [-0.15, -0.1) is 0 Å². The summed E-state index contributed by atoms with van der Waals surface area (Å²) in [7, 11) is 0. The first-order valence-electron chi connectivity index (χ1n) is 39.8. The molecule has 0 bridgehead atoms. The Bertz CT molecular complexity index is 3020. The van der Waals surface area contributed by atoms with Crippen molar-refractivity contribution in [3.05, 3.63) is 206 Å². The number of carbonyl (C=O) groups is 3. The summed E-state index contributed by atoms with van der Waals surface area (Å²) < 4.78 is 11.0. The van der Waals surface area contributed by atoms with Crippen molar-refractivity contribution < 1.29 is 34.1 Å². The van der Waals surface area contributed by atoms with Gasteiger partial charge in [-0.25, -0.2) is 0 Å². The number of ketones is 3. The predicted octanol–water partition coefficient (Wildman–Crippen LogP) is 23.8. The number of carbonyl (C=O) groups excluding carboxylic acids is 3. The maximum Gasteiger partial charge on any atom is 0.167 e. The van der Waals surface area contributed by atoms with Gasteiger partial charge in [0.05, 0.1) is 17.8 Å². The minimum Gasteiger partial charge on any atom is -0.492 e. The number of nitrogens with two attached hydrogens (primary N) is 1. The highest BCUT2D eigenvalue weighted by Gasteiger charge is 2.26. The van der Waals surface area contributed by atoms with Crippen LogP contribution < -0.4 is 10.5 Å². The molecule has 1 fully saturated rings. The van der Waals surface area contributed by atoms with E-state index < -0.39 is 11.2 Å². The molecular weight excluding hydrogens is 1230 g/mol. The van der Waals surface area contributed by atoms with Crippen LogP contribution in [-0.4, -0.2) is 58.5 Å². The van der Waals surface area contributed by atoms with E-state index in [4.69, 9.17) is 15.2 Å². The second kappa shape index (κ2) is 52.9. The van der Waals surface area contributed by atoms with Crippen molar-refractivity contribution in [3.8, 4) is 5.75 Å². The van der Waals surface area contributed by atoms with Gasteiger partial charge in [0.25, 0.3) is 0 Å². The molecule has 8 heteroatoms. The highest BCUT2D eigenvalue weighted by atomic mass is 16.5. The summed E-state index contributed by atoms with van der Waals surface area (Å²) >= 11 is 0. The van der Waals surface area contributed by atoms with Crippen molar-refractivity contribution in [2.75, 3.05) is 19.8 Å². The first kappa shape index (κ1) is 88.2. The van der Waals surface area contributed by atoms with E-state index in [2.05, 4.69) is 155 Å². The van der Waals surface area contributed by atoms with Crippen molar-refractivity contribution in [2.45, 2.75) is 313 Å². The van der Waals surface area contributed by atoms with Crippen LogP contribution in [0.4, 0.5) is 0 Å². The zero-order valence-corrected chi connectivity index (χ0v) is 65.1. The van der Waals surface area contributed by atoms with Crippen LogP contribution in [-0.2, 0) is 49.9 Å². The highest BCUT2D eigenvalue weighted by molar-refractivity contribution is 5.98. The quantitative estimate of drug-likeness (QED) is 0.0322. The molecule has 0 saturated heterocycles. The van der Waals surface area contributed by atoms with Crippen LogP contribution in [0.3, 0.4) is 0 Å². The molecule has 8 nitrogen and oxygen atoms in total. The summed E-state index contributed by atoms with van der Waals surface area (Å²) in [6.07, 6.45) is 34.8. The van der Waals surface area contributed by atoms with E-state index in [1.54, 1.807) is 0 Å².